The summed E-state index contributed by atoms with van der Waals surface area (Å²) in [6.45, 7) is 0.883. The van der Waals surface area contributed by atoms with Crippen LogP contribution in [-0.2, 0) is 4.79 Å². The summed E-state index contributed by atoms with van der Waals surface area (Å²) in [6.07, 6.45) is 1.54. The summed E-state index contributed by atoms with van der Waals surface area (Å²) in [5, 5.41) is 2.41. The maximum atomic E-state index is 13.7. The molecule has 150 valence electrons. The number of aromatic nitrogens is 2. The van der Waals surface area contributed by atoms with Crippen LogP contribution in [0.4, 0.5) is 8.78 Å². The van der Waals surface area contributed by atoms with E-state index in [9.17, 15) is 18.4 Å². The van der Waals surface area contributed by atoms with Crippen LogP contribution in [-0.4, -0.2) is 46.3 Å². The SMILES string of the molecule is O=C(NCC(=O)N1CCC(c2nc3ccccc3[nH]2)CC1)c1ccc(F)cc1F. The lowest BCUT2D eigenvalue weighted by Gasteiger charge is -2.31. The van der Waals surface area contributed by atoms with Gasteiger partial charge in [0.25, 0.3) is 5.91 Å². The molecule has 29 heavy (non-hydrogen) atoms. The molecular formula is C21H20F2N4O2. The first kappa shape index (κ1) is 19.0. The van der Waals surface area contributed by atoms with Crippen molar-refractivity contribution in [1.82, 2.24) is 20.2 Å². The van der Waals surface area contributed by atoms with Crippen LogP contribution in [0.2, 0.25) is 0 Å². The largest absolute Gasteiger partial charge is 0.343 e. The monoisotopic (exact) mass is 398 g/mol. The second-order valence-corrected chi connectivity index (χ2v) is 7.10. The van der Waals surface area contributed by atoms with Gasteiger partial charge in [-0.2, -0.15) is 0 Å². The van der Waals surface area contributed by atoms with Crippen LogP contribution in [0.5, 0.6) is 0 Å². The number of piperidine rings is 1. The number of hydrogen-bond donors (Lipinski definition) is 2. The number of carbonyl (C=O) groups is 2. The Bertz CT molecular complexity index is 1020. The summed E-state index contributed by atoms with van der Waals surface area (Å²) >= 11 is 0. The van der Waals surface area contributed by atoms with Gasteiger partial charge in [0.1, 0.15) is 17.5 Å². The summed E-state index contributed by atoms with van der Waals surface area (Å²) in [7, 11) is 0. The van der Waals surface area contributed by atoms with E-state index in [-0.39, 0.29) is 23.9 Å². The van der Waals surface area contributed by atoms with Gasteiger partial charge in [-0.05, 0) is 37.1 Å². The quantitative estimate of drug-likeness (QED) is 0.709. The number of imidazole rings is 1. The van der Waals surface area contributed by atoms with Crippen molar-refractivity contribution in [2.24, 2.45) is 0 Å². The zero-order valence-electron chi connectivity index (χ0n) is 15.6. The number of carbonyl (C=O) groups excluding carboxylic acids is 2. The maximum absolute atomic E-state index is 13.7. The second-order valence-electron chi connectivity index (χ2n) is 7.10. The molecule has 1 aromatic heterocycles. The zero-order valence-corrected chi connectivity index (χ0v) is 15.6. The molecule has 2 amide bonds. The smallest absolute Gasteiger partial charge is 0.254 e. The van der Waals surface area contributed by atoms with E-state index < -0.39 is 17.5 Å². The number of halogens is 2. The molecule has 1 saturated heterocycles. The number of aromatic amines is 1. The highest BCUT2D eigenvalue weighted by Crippen LogP contribution is 2.27. The molecule has 6 nitrogen and oxygen atoms in total. The highest BCUT2D eigenvalue weighted by Gasteiger charge is 2.26. The van der Waals surface area contributed by atoms with Crippen LogP contribution < -0.4 is 5.32 Å². The van der Waals surface area contributed by atoms with Crippen LogP contribution in [0.1, 0.15) is 34.9 Å². The number of nitrogens with zero attached hydrogens (tertiary/aromatic N) is 2. The van der Waals surface area contributed by atoms with Gasteiger partial charge in [-0.1, -0.05) is 12.1 Å². The molecule has 0 aliphatic carbocycles. The predicted molar refractivity (Wildman–Crippen MR) is 103 cm³/mol. The number of rotatable bonds is 4. The first-order valence-electron chi connectivity index (χ1n) is 9.47. The van der Waals surface area contributed by atoms with E-state index in [1.807, 2.05) is 24.3 Å². The van der Waals surface area contributed by atoms with Crippen molar-refractivity contribution in [3.8, 4) is 0 Å². The summed E-state index contributed by atoms with van der Waals surface area (Å²) in [4.78, 5) is 34.1. The minimum Gasteiger partial charge on any atom is -0.343 e. The molecule has 0 unspecified atom stereocenters. The molecule has 4 rings (SSSR count). The van der Waals surface area contributed by atoms with Crippen molar-refractivity contribution < 1.29 is 18.4 Å². The Morgan fingerprint density at radius 1 is 1.14 bits per heavy atom. The maximum Gasteiger partial charge on any atom is 0.254 e. The first-order chi connectivity index (χ1) is 14.0. The lowest BCUT2D eigenvalue weighted by Crippen LogP contribution is -2.44. The number of amides is 2. The Balaban J connectivity index is 1.30. The van der Waals surface area contributed by atoms with Crippen molar-refractivity contribution in [3.05, 3.63) is 65.5 Å². The van der Waals surface area contributed by atoms with Gasteiger partial charge in [0.15, 0.2) is 0 Å². The van der Waals surface area contributed by atoms with Gasteiger partial charge >= 0.3 is 0 Å². The van der Waals surface area contributed by atoms with Crippen molar-refractivity contribution in [2.75, 3.05) is 19.6 Å². The number of benzene rings is 2. The molecular weight excluding hydrogens is 378 g/mol. The van der Waals surface area contributed by atoms with E-state index in [1.165, 1.54) is 0 Å². The molecule has 8 heteroatoms. The highest BCUT2D eigenvalue weighted by molar-refractivity contribution is 5.96. The molecule has 1 fully saturated rings. The lowest BCUT2D eigenvalue weighted by atomic mass is 9.96. The van der Waals surface area contributed by atoms with Gasteiger partial charge in [-0.25, -0.2) is 13.8 Å². The molecule has 1 aliphatic heterocycles. The summed E-state index contributed by atoms with van der Waals surface area (Å²) in [6, 6.07) is 10.5. The number of para-hydroxylation sites is 2. The number of nitrogens with one attached hydrogen (secondary N) is 2. The van der Waals surface area contributed by atoms with E-state index in [1.54, 1.807) is 4.90 Å². The normalized spacial score (nSPS) is 14.9. The van der Waals surface area contributed by atoms with Gasteiger partial charge in [0, 0.05) is 25.1 Å². The summed E-state index contributed by atoms with van der Waals surface area (Å²) in [5.41, 5.74) is 1.64. The molecule has 0 atom stereocenters. The third-order valence-electron chi connectivity index (χ3n) is 5.22. The predicted octanol–water partition coefficient (Wildman–Crippen LogP) is 2.98. The van der Waals surface area contributed by atoms with Crippen LogP contribution in [0.3, 0.4) is 0 Å². The Labute approximate surface area is 165 Å². The molecule has 3 aromatic rings. The van der Waals surface area contributed by atoms with Gasteiger partial charge in [0.05, 0.1) is 23.1 Å². The number of fused-ring (bicyclic) bond motifs is 1. The minimum atomic E-state index is -0.957. The summed E-state index contributed by atoms with van der Waals surface area (Å²) in [5.74, 6) is -1.52. The minimum absolute atomic E-state index is 0.231. The van der Waals surface area contributed by atoms with Gasteiger partial charge in [0.2, 0.25) is 5.91 Å². The van der Waals surface area contributed by atoms with Gasteiger partial charge in [-0.15, -0.1) is 0 Å². The van der Waals surface area contributed by atoms with Crippen LogP contribution in [0.15, 0.2) is 42.5 Å². The molecule has 0 radical (unpaired) electrons. The molecule has 2 heterocycles. The molecule has 2 aromatic carbocycles. The van der Waals surface area contributed by atoms with Gasteiger partial charge in [-0.3, -0.25) is 9.59 Å². The Hall–Kier alpha value is -3.29. The summed E-state index contributed by atoms with van der Waals surface area (Å²) < 4.78 is 26.6. The topological polar surface area (TPSA) is 78.1 Å². The third-order valence-corrected chi connectivity index (χ3v) is 5.22. The van der Waals surface area contributed by atoms with Crippen LogP contribution in [0, 0.1) is 11.6 Å². The Morgan fingerprint density at radius 3 is 2.62 bits per heavy atom. The van der Waals surface area contributed by atoms with E-state index >= 15 is 0 Å². The molecule has 0 spiro atoms. The average Bonchev–Trinajstić information content (AvgIpc) is 3.16. The zero-order chi connectivity index (χ0) is 20.4. The molecule has 1 aliphatic rings. The van der Waals surface area contributed by atoms with Crippen molar-refractivity contribution in [2.45, 2.75) is 18.8 Å². The van der Waals surface area contributed by atoms with Crippen LogP contribution in [0.25, 0.3) is 11.0 Å². The highest BCUT2D eigenvalue weighted by atomic mass is 19.1. The Morgan fingerprint density at radius 2 is 1.90 bits per heavy atom. The van der Waals surface area contributed by atoms with E-state index in [0.29, 0.717) is 19.2 Å². The van der Waals surface area contributed by atoms with Crippen LogP contribution >= 0.6 is 0 Å². The van der Waals surface area contributed by atoms with E-state index in [2.05, 4.69) is 15.3 Å². The van der Waals surface area contributed by atoms with E-state index in [4.69, 9.17) is 0 Å². The fourth-order valence-corrected chi connectivity index (χ4v) is 3.60. The second kappa shape index (κ2) is 7.98. The fraction of sp³-hybridized carbons (Fsp3) is 0.286. The number of H-pyrrole nitrogens is 1. The third kappa shape index (κ3) is 4.11. The first-order valence-corrected chi connectivity index (χ1v) is 9.47. The van der Waals surface area contributed by atoms with Gasteiger partial charge < -0.3 is 15.2 Å². The number of hydrogen-bond acceptors (Lipinski definition) is 3. The average molecular weight is 398 g/mol. The van der Waals surface area contributed by atoms with Crippen molar-refractivity contribution in [3.63, 3.8) is 0 Å². The standard InChI is InChI=1S/C21H20F2N4O2/c22-14-5-6-15(16(23)11-14)21(29)24-12-19(28)27-9-7-13(8-10-27)20-25-17-3-1-2-4-18(17)26-20/h1-6,11,13H,7-10,12H2,(H,24,29)(H,25,26). The van der Waals surface area contributed by atoms with E-state index in [0.717, 1.165) is 41.8 Å². The Kier molecular flexibility index (Phi) is 5.24. The lowest BCUT2D eigenvalue weighted by molar-refractivity contribution is -0.131. The molecule has 2 N–H and O–H groups in total. The number of likely N-dealkylation sites (tertiary alicyclic amines) is 1. The van der Waals surface area contributed by atoms with Crippen molar-refractivity contribution in [1.29, 1.82) is 0 Å². The molecule has 0 bridgehead atoms. The fourth-order valence-electron chi connectivity index (χ4n) is 3.60. The van der Waals surface area contributed by atoms with Crippen molar-refractivity contribution >= 4 is 22.8 Å². The molecule has 0 saturated carbocycles.